The summed E-state index contributed by atoms with van der Waals surface area (Å²) in [5, 5.41) is 0. The Balaban J connectivity index is 0.752. The normalized spacial score (nSPS) is 32.0. The highest BCUT2D eigenvalue weighted by molar-refractivity contribution is 5.72. The number of para-hydroxylation sites is 4. The molecule has 2 aromatic heterocycles. The summed E-state index contributed by atoms with van der Waals surface area (Å²) in [5.74, 6) is 5.96. The Bertz CT molecular complexity index is 2120. The Morgan fingerprint density at radius 1 is 0.426 bits per heavy atom. The molecule has 0 radical (unpaired) electrons. The Labute approximate surface area is 320 Å². The average molecular weight is 713 g/mol. The van der Waals surface area contributed by atoms with Crippen molar-refractivity contribution >= 4 is 22.1 Å². The third-order valence-electron chi connectivity index (χ3n) is 15.8. The SMILES string of the molecule is c1ccc2c(c1)n(CC13CC4CC(CC(C4)C1)C3)c[n+]2Cc1ccc(-c2ccc(C[n+]3cn(CC45CC6CC(CC(C6)C4)C5)c4ccccc43)cc2)cc1. The van der Waals surface area contributed by atoms with Crippen LogP contribution in [0, 0.1) is 46.3 Å². The van der Waals surface area contributed by atoms with Gasteiger partial charge in [-0.2, -0.15) is 0 Å². The van der Waals surface area contributed by atoms with Gasteiger partial charge in [-0.3, -0.25) is 0 Å². The van der Waals surface area contributed by atoms with Crippen LogP contribution >= 0.6 is 0 Å². The molecule has 0 spiro atoms. The molecular weight excluding hydrogens is 657 g/mol. The zero-order chi connectivity index (χ0) is 35.4. The summed E-state index contributed by atoms with van der Waals surface area (Å²) in [5.41, 5.74) is 11.9. The van der Waals surface area contributed by atoms with Gasteiger partial charge in [0.2, 0.25) is 12.7 Å². The van der Waals surface area contributed by atoms with E-state index in [9.17, 15) is 0 Å². The van der Waals surface area contributed by atoms with Crippen molar-refractivity contribution in [2.24, 2.45) is 46.3 Å². The van der Waals surface area contributed by atoms with Crippen LogP contribution in [0.4, 0.5) is 0 Å². The van der Waals surface area contributed by atoms with Gasteiger partial charge in [0.05, 0.1) is 13.1 Å². The molecule has 0 saturated heterocycles. The maximum absolute atomic E-state index is 2.62. The van der Waals surface area contributed by atoms with Gasteiger partial charge in [-0.15, -0.1) is 0 Å². The van der Waals surface area contributed by atoms with E-state index in [2.05, 4.69) is 128 Å². The van der Waals surface area contributed by atoms with Crippen LogP contribution in [-0.2, 0) is 26.2 Å². The van der Waals surface area contributed by atoms with E-state index in [4.69, 9.17) is 0 Å². The highest BCUT2D eigenvalue weighted by atomic mass is 15.1. The van der Waals surface area contributed by atoms with Crippen LogP contribution < -0.4 is 9.13 Å². The molecule has 0 N–H and O–H groups in total. The van der Waals surface area contributed by atoms with Gasteiger partial charge in [-0.05, 0) is 159 Å². The van der Waals surface area contributed by atoms with Gasteiger partial charge in [0.15, 0.2) is 22.1 Å². The van der Waals surface area contributed by atoms with E-state index in [0.29, 0.717) is 10.8 Å². The molecule has 0 atom stereocenters. The highest BCUT2D eigenvalue weighted by Crippen LogP contribution is 2.62. The largest absolute Gasteiger partial charge is 0.245 e. The van der Waals surface area contributed by atoms with Gasteiger partial charge < -0.3 is 0 Å². The first kappa shape index (κ1) is 32.1. The number of fused-ring (bicyclic) bond motifs is 2. The lowest BCUT2D eigenvalue weighted by atomic mass is 9.49. The second kappa shape index (κ2) is 12.2. The van der Waals surface area contributed by atoms with E-state index in [1.54, 1.807) is 0 Å². The molecule has 274 valence electrons. The van der Waals surface area contributed by atoms with Crippen LogP contribution in [0.3, 0.4) is 0 Å². The zero-order valence-corrected chi connectivity index (χ0v) is 32.0. The summed E-state index contributed by atoms with van der Waals surface area (Å²) < 4.78 is 10.2. The predicted octanol–water partition coefficient (Wildman–Crippen LogP) is 10.4. The van der Waals surface area contributed by atoms with Crippen molar-refractivity contribution in [2.75, 3.05) is 0 Å². The summed E-state index contributed by atoms with van der Waals surface area (Å²) in [6.07, 6.45) is 22.7. The third kappa shape index (κ3) is 5.52. The lowest BCUT2D eigenvalue weighted by Crippen LogP contribution is -2.48. The smallest absolute Gasteiger partial charge is 0.229 e. The van der Waals surface area contributed by atoms with Gasteiger partial charge in [0.25, 0.3) is 0 Å². The molecule has 6 aromatic rings. The van der Waals surface area contributed by atoms with Crippen molar-refractivity contribution < 1.29 is 9.13 Å². The van der Waals surface area contributed by atoms with Crippen molar-refractivity contribution in [3.63, 3.8) is 0 Å². The first-order chi connectivity index (χ1) is 26.5. The van der Waals surface area contributed by atoms with E-state index in [-0.39, 0.29) is 0 Å². The first-order valence-corrected chi connectivity index (χ1v) is 21.6. The number of hydrogen-bond acceptors (Lipinski definition) is 0. The van der Waals surface area contributed by atoms with Gasteiger partial charge in [0, 0.05) is 10.8 Å². The molecule has 8 bridgehead atoms. The third-order valence-corrected chi connectivity index (χ3v) is 15.8. The van der Waals surface area contributed by atoms with Crippen LogP contribution in [0.5, 0.6) is 0 Å². The summed E-state index contributed by atoms with van der Waals surface area (Å²) in [7, 11) is 0. The van der Waals surface area contributed by atoms with Crippen LogP contribution in [0.2, 0.25) is 0 Å². The van der Waals surface area contributed by atoms with Crippen molar-refractivity contribution in [3.8, 4) is 11.1 Å². The monoisotopic (exact) mass is 712 g/mol. The fourth-order valence-corrected chi connectivity index (χ4v) is 14.7. The Hall–Kier alpha value is -4.18. The summed E-state index contributed by atoms with van der Waals surface area (Å²) in [4.78, 5) is 0. The molecule has 4 aromatic carbocycles. The van der Waals surface area contributed by atoms with Crippen molar-refractivity contribution in [2.45, 2.75) is 103 Å². The fraction of sp³-hybridized carbons (Fsp3) is 0.480. The minimum Gasteiger partial charge on any atom is -0.229 e. The maximum atomic E-state index is 2.62. The second-order valence-corrected chi connectivity index (χ2v) is 19.9. The van der Waals surface area contributed by atoms with Crippen LogP contribution in [0.25, 0.3) is 33.2 Å². The molecule has 0 aliphatic heterocycles. The first-order valence-electron chi connectivity index (χ1n) is 21.6. The Morgan fingerprint density at radius 3 is 1.11 bits per heavy atom. The zero-order valence-electron chi connectivity index (χ0n) is 32.0. The lowest BCUT2D eigenvalue weighted by molar-refractivity contribution is -0.663. The molecule has 0 unspecified atom stereocenters. The maximum Gasteiger partial charge on any atom is 0.245 e. The van der Waals surface area contributed by atoms with Gasteiger partial charge >= 0.3 is 0 Å². The summed E-state index contributed by atoms with van der Waals surface area (Å²) in [6.45, 7) is 4.20. The Morgan fingerprint density at radius 2 is 0.759 bits per heavy atom. The van der Waals surface area contributed by atoms with E-state index < -0.39 is 0 Å². The molecule has 8 aliphatic rings. The Kier molecular flexibility index (Phi) is 7.23. The number of hydrogen-bond donors (Lipinski definition) is 0. The van der Waals surface area contributed by atoms with Crippen LogP contribution in [-0.4, -0.2) is 9.13 Å². The second-order valence-electron chi connectivity index (χ2n) is 19.9. The van der Waals surface area contributed by atoms with Crippen LogP contribution in [0.15, 0.2) is 110 Å². The molecule has 14 rings (SSSR count). The summed E-state index contributed by atoms with van der Waals surface area (Å²) >= 11 is 0. The molecule has 0 amide bonds. The minimum absolute atomic E-state index is 0.525. The quantitative estimate of drug-likeness (QED) is 0.133. The topological polar surface area (TPSA) is 17.6 Å². The molecule has 4 heteroatoms. The molecule has 8 aliphatic carbocycles. The van der Waals surface area contributed by atoms with Crippen LogP contribution in [0.1, 0.15) is 88.2 Å². The highest BCUT2D eigenvalue weighted by Gasteiger charge is 2.53. The standard InChI is InChI=1S/C50H56N4/c1-3-7-47-45(5-1)51(33-53(47)31-49-23-37-17-38(24-49)19-39(18-37)25-49)29-35-9-13-43(14-10-35)44-15-11-36(12-16-44)30-52-34-54(48-8-4-2-6-46(48)52)32-50-26-40-20-41(27-50)22-42(21-40)28-50/h1-16,33-34,37-42H,17-32H2/q+2. The predicted molar refractivity (Wildman–Crippen MR) is 216 cm³/mol. The lowest BCUT2D eigenvalue weighted by Gasteiger charge is -2.56. The van der Waals surface area contributed by atoms with E-state index in [1.807, 2.05) is 0 Å². The van der Waals surface area contributed by atoms with Crippen molar-refractivity contribution in [1.82, 2.24) is 9.13 Å². The molecule has 8 saturated carbocycles. The molecular formula is C50H56N4+2. The number of rotatable bonds is 9. The minimum atomic E-state index is 0.525. The van der Waals surface area contributed by atoms with E-state index >= 15 is 0 Å². The van der Waals surface area contributed by atoms with E-state index in [0.717, 1.165) is 48.6 Å². The average Bonchev–Trinajstić information content (AvgIpc) is 3.67. The number of imidazole rings is 2. The number of nitrogens with zero attached hydrogens (tertiary/aromatic N) is 4. The van der Waals surface area contributed by atoms with Gasteiger partial charge in [-0.1, -0.05) is 72.8 Å². The number of aromatic nitrogens is 4. The molecule has 4 nitrogen and oxygen atoms in total. The van der Waals surface area contributed by atoms with Crippen molar-refractivity contribution in [1.29, 1.82) is 0 Å². The van der Waals surface area contributed by atoms with Gasteiger partial charge in [0.1, 0.15) is 13.1 Å². The van der Waals surface area contributed by atoms with E-state index in [1.165, 1.54) is 134 Å². The fourth-order valence-electron chi connectivity index (χ4n) is 14.7. The van der Waals surface area contributed by atoms with Gasteiger partial charge in [-0.25, -0.2) is 18.3 Å². The molecule has 54 heavy (non-hydrogen) atoms. The van der Waals surface area contributed by atoms with Crippen molar-refractivity contribution in [3.05, 3.63) is 121 Å². The summed E-state index contributed by atoms with van der Waals surface area (Å²) in [6, 6.07) is 36.9. The molecule has 2 heterocycles. The molecule has 8 fully saturated rings. The number of benzene rings is 4.